The lowest BCUT2D eigenvalue weighted by Gasteiger charge is -2.14. The molecule has 0 atom stereocenters. The van der Waals surface area contributed by atoms with Crippen LogP contribution in [0, 0.1) is 5.82 Å². The van der Waals surface area contributed by atoms with Gasteiger partial charge in [0.15, 0.2) is 0 Å². The van der Waals surface area contributed by atoms with Crippen molar-refractivity contribution in [3.8, 4) is 0 Å². The van der Waals surface area contributed by atoms with Crippen LogP contribution in [0.4, 0.5) is 4.39 Å². The van der Waals surface area contributed by atoms with Crippen LogP contribution >= 0.6 is 11.6 Å². The molecule has 0 saturated carbocycles. The number of rotatable bonds is 5. The largest absolute Gasteiger partial charge is 0.469 e. The van der Waals surface area contributed by atoms with Crippen molar-refractivity contribution in [3.63, 3.8) is 0 Å². The summed E-state index contributed by atoms with van der Waals surface area (Å²) in [5.41, 5.74) is 0.214. The quantitative estimate of drug-likeness (QED) is 0.760. The zero-order valence-corrected chi connectivity index (χ0v) is 12.7. The molecule has 3 rings (SSSR count). The van der Waals surface area contributed by atoms with Gasteiger partial charge in [0.25, 0.3) is 5.91 Å². The minimum atomic E-state index is -0.490. The fraction of sp³-hybridized carbons (Fsp3) is 0.118. The summed E-state index contributed by atoms with van der Waals surface area (Å²) in [4.78, 5) is 12.2. The van der Waals surface area contributed by atoms with E-state index in [-0.39, 0.29) is 23.0 Å². The predicted molar refractivity (Wildman–Crippen MR) is 83.0 cm³/mol. The van der Waals surface area contributed by atoms with Crippen molar-refractivity contribution < 1.29 is 18.0 Å². The van der Waals surface area contributed by atoms with Crippen molar-refractivity contribution in [2.75, 3.05) is 6.54 Å². The first-order chi connectivity index (χ1) is 11.1. The van der Waals surface area contributed by atoms with Crippen LogP contribution in [0.15, 0.2) is 63.8 Å². The molecule has 118 valence electrons. The van der Waals surface area contributed by atoms with Gasteiger partial charge in [0.05, 0.1) is 29.0 Å². The Balaban J connectivity index is 1.75. The monoisotopic (exact) mass is 333 g/mol. The van der Waals surface area contributed by atoms with Crippen LogP contribution in [0.1, 0.15) is 27.8 Å². The van der Waals surface area contributed by atoms with E-state index in [4.69, 9.17) is 20.4 Å². The summed E-state index contributed by atoms with van der Waals surface area (Å²) < 4.78 is 23.9. The van der Waals surface area contributed by atoms with Crippen LogP contribution in [0.25, 0.3) is 0 Å². The molecule has 1 amide bonds. The molecular formula is C17H13ClFNO3. The van der Waals surface area contributed by atoms with Crippen LogP contribution in [0.2, 0.25) is 5.02 Å². The Labute approximate surface area is 136 Å². The van der Waals surface area contributed by atoms with Crippen molar-refractivity contribution in [3.05, 3.63) is 82.9 Å². The van der Waals surface area contributed by atoms with Gasteiger partial charge >= 0.3 is 0 Å². The van der Waals surface area contributed by atoms with Crippen molar-refractivity contribution in [1.82, 2.24) is 5.32 Å². The normalized spacial score (nSPS) is 10.9. The lowest BCUT2D eigenvalue weighted by Crippen LogP contribution is -2.28. The highest BCUT2D eigenvalue weighted by atomic mass is 35.5. The third-order valence-electron chi connectivity index (χ3n) is 3.42. The highest BCUT2D eigenvalue weighted by molar-refractivity contribution is 6.33. The molecule has 0 saturated heterocycles. The average Bonchev–Trinajstić information content (AvgIpc) is 3.21. The molecule has 23 heavy (non-hydrogen) atoms. The first-order valence-electron chi connectivity index (χ1n) is 6.95. The molecule has 6 heteroatoms. The van der Waals surface area contributed by atoms with Gasteiger partial charge in [-0.3, -0.25) is 4.79 Å². The van der Waals surface area contributed by atoms with Crippen molar-refractivity contribution in [2.24, 2.45) is 0 Å². The zero-order valence-electron chi connectivity index (χ0n) is 12.0. The van der Waals surface area contributed by atoms with Gasteiger partial charge in [-0.15, -0.1) is 0 Å². The van der Waals surface area contributed by atoms with Crippen LogP contribution in [-0.4, -0.2) is 12.5 Å². The van der Waals surface area contributed by atoms with Gasteiger partial charge in [-0.2, -0.15) is 0 Å². The third-order valence-corrected chi connectivity index (χ3v) is 3.73. The maximum atomic E-state index is 13.1. The van der Waals surface area contributed by atoms with E-state index in [1.165, 1.54) is 12.1 Å². The Bertz CT molecular complexity index is 750. The Morgan fingerprint density at radius 1 is 1.13 bits per heavy atom. The highest BCUT2D eigenvalue weighted by Gasteiger charge is 2.21. The highest BCUT2D eigenvalue weighted by Crippen LogP contribution is 2.25. The fourth-order valence-corrected chi connectivity index (χ4v) is 2.54. The Morgan fingerprint density at radius 2 is 1.78 bits per heavy atom. The smallest absolute Gasteiger partial charge is 0.252 e. The fourth-order valence-electron chi connectivity index (χ4n) is 2.28. The minimum Gasteiger partial charge on any atom is -0.469 e. The predicted octanol–water partition coefficient (Wildman–Crippen LogP) is 4.23. The van der Waals surface area contributed by atoms with E-state index in [0.717, 1.165) is 6.07 Å². The molecule has 0 fully saturated rings. The average molecular weight is 334 g/mol. The van der Waals surface area contributed by atoms with E-state index in [1.54, 1.807) is 24.7 Å². The minimum absolute atomic E-state index is 0.0649. The topological polar surface area (TPSA) is 55.4 Å². The van der Waals surface area contributed by atoms with Gasteiger partial charge in [-0.25, -0.2) is 4.39 Å². The number of carbonyl (C=O) groups excluding carboxylic acids is 1. The first kappa shape index (κ1) is 15.4. The number of hydrogen-bond acceptors (Lipinski definition) is 3. The number of furan rings is 2. The van der Waals surface area contributed by atoms with E-state index < -0.39 is 11.7 Å². The van der Waals surface area contributed by atoms with E-state index >= 15 is 0 Å². The molecule has 4 nitrogen and oxygen atoms in total. The van der Waals surface area contributed by atoms with Crippen LogP contribution in [-0.2, 0) is 0 Å². The molecule has 1 N–H and O–H groups in total. The molecule has 0 aliphatic rings. The molecule has 2 heterocycles. The Morgan fingerprint density at radius 3 is 2.30 bits per heavy atom. The SMILES string of the molecule is O=C(NCC(c1ccco1)c1ccco1)c1ccc(F)cc1Cl. The Kier molecular flexibility index (Phi) is 4.48. The summed E-state index contributed by atoms with van der Waals surface area (Å²) in [5.74, 6) is 0.202. The standard InChI is InChI=1S/C17H13ClFNO3/c18-14-9-11(19)5-6-12(14)17(21)20-10-13(15-3-1-7-22-15)16-4-2-8-23-16/h1-9,13H,10H2,(H,20,21). The number of nitrogens with one attached hydrogen (secondary N) is 1. The molecule has 1 aromatic carbocycles. The molecule has 0 aliphatic carbocycles. The molecule has 0 unspecified atom stereocenters. The second-order valence-electron chi connectivity index (χ2n) is 4.92. The van der Waals surface area contributed by atoms with Crippen molar-refractivity contribution >= 4 is 17.5 Å². The number of hydrogen-bond donors (Lipinski definition) is 1. The summed E-state index contributed by atoms with van der Waals surface area (Å²) >= 11 is 5.90. The number of halogens is 2. The van der Waals surface area contributed by atoms with Crippen molar-refractivity contribution in [1.29, 1.82) is 0 Å². The van der Waals surface area contributed by atoms with Gasteiger partial charge in [0, 0.05) is 6.54 Å². The maximum Gasteiger partial charge on any atom is 0.252 e. The van der Waals surface area contributed by atoms with E-state index in [2.05, 4.69) is 5.32 Å². The molecule has 3 aromatic rings. The molecular weight excluding hydrogens is 321 g/mol. The van der Waals surface area contributed by atoms with Crippen LogP contribution < -0.4 is 5.32 Å². The summed E-state index contributed by atoms with van der Waals surface area (Å²) in [6, 6.07) is 10.8. The van der Waals surface area contributed by atoms with E-state index in [9.17, 15) is 9.18 Å². The van der Waals surface area contributed by atoms with Gasteiger partial charge in [0.2, 0.25) is 0 Å². The van der Waals surface area contributed by atoms with E-state index in [1.807, 2.05) is 12.1 Å². The zero-order chi connectivity index (χ0) is 16.2. The number of benzene rings is 1. The summed E-state index contributed by atoms with van der Waals surface area (Å²) in [5, 5.41) is 2.83. The number of amides is 1. The van der Waals surface area contributed by atoms with Crippen LogP contribution in [0.3, 0.4) is 0 Å². The van der Waals surface area contributed by atoms with Crippen LogP contribution in [0.5, 0.6) is 0 Å². The first-order valence-corrected chi connectivity index (χ1v) is 7.33. The third kappa shape index (κ3) is 3.46. The summed E-state index contributed by atoms with van der Waals surface area (Å²) in [6.45, 7) is 0.258. The lowest BCUT2D eigenvalue weighted by atomic mass is 10.0. The second kappa shape index (κ2) is 6.71. The molecule has 0 aliphatic heterocycles. The van der Waals surface area contributed by atoms with Gasteiger partial charge in [-0.1, -0.05) is 11.6 Å². The van der Waals surface area contributed by atoms with E-state index in [0.29, 0.717) is 11.5 Å². The van der Waals surface area contributed by atoms with Crippen molar-refractivity contribution in [2.45, 2.75) is 5.92 Å². The molecule has 0 radical (unpaired) electrons. The molecule has 0 bridgehead atoms. The van der Waals surface area contributed by atoms with Gasteiger partial charge in [-0.05, 0) is 42.5 Å². The summed E-state index contributed by atoms with van der Waals surface area (Å²) in [6.07, 6.45) is 3.12. The summed E-state index contributed by atoms with van der Waals surface area (Å²) in [7, 11) is 0. The second-order valence-corrected chi connectivity index (χ2v) is 5.32. The number of carbonyl (C=O) groups is 1. The van der Waals surface area contributed by atoms with Gasteiger partial charge < -0.3 is 14.2 Å². The molecule has 2 aromatic heterocycles. The Hall–Kier alpha value is -2.53. The van der Waals surface area contributed by atoms with Gasteiger partial charge in [0.1, 0.15) is 17.3 Å². The molecule has 0 spiro atoms. The lowest BCUT2D eigenvalue weighted by molar-refractivity contribution is 0.0951. The maximum absolute atomic E-state index is 13.1.